The molecule has 1 aromatic rings. The maximum absolute atomic E-state index is 12.2. The summed E-state index contributed by atoms with van der Waals surface area (Å²) < 4.78 is 23.1. The Morgan fingerprint density at radius 1 is 1.42 bits per heavy atom. The van der Waals surface area contributed by atoms with Gasteiger partial charge in [-0.3, -0.25) is 4.79 Å². The lowest BCUT2D eigenvalue weighted by atomic mass is 10.2. The predicted molar refractivity (Wildman–Crippen MR) is 77.3 cm³/mol. The first-order chi connectivity index (χ1) is 8.76. The van der Waals surface area contributed by atoms with Gasteiger partial charge in [0.25, 0.3) is 5.91 Å². The smallest absolute Gasteiger partial charge is 0.253 e. The zero-order valence-corrected chi connectivity index (χ0v) is 12.8. The highest BCUT2D eigenvalue weighted by molar-refractivity contribution is 7.91. The first kappa shape index (κ1) is 16.0. The molecule has 0 aliphatic rings. The lowest BCUT2D eigenvalue weighted by Gasteiger charge is -2.24. The second kappa shape index (κ2) is 6.39. The van der Waals surface area contributed by atoms with Crippen molar-refractivity contribution in [3.63, 3.8) is 0 Å². The first-order valence-corrected chi connectivity index (χ1v) is 8.20. The van der Waals surface area contributed by atoms with Gasteiger partial charge in [-0.05, 0) is 25.1 Å². The number of amides is 1. The number of nitrogens with zero attached hydrogens (tertiary/aromatic N) is 1. The van der Waals surface area contributed by atoms with Crippen molar-refractivity contribution in [1.29, 1.82) is 0 Å². The van der Waals surface area contributed by atoms with E-state index in [0.29, 0.717) is 10.6 Å². The maximum Gasteiger partial charge on any atom is 0.253 e. The second-order valence-corrected chi connectivity index (χ2v) is 7.31. The van der Waals surface area contributed by atoms with E-state index in [4.69, 9.17) is 11.6 Å². The van der Waals surface area contributed by atoms with Crippen molar-refractivity contribution in [3.05, 3.63) is 34.9 Å². The lowest BCUT2D eigenvalue weighted by Crippen LogP contribution is -2.39. The van der Waals surface area contributed by atoms with Crippen LogP contribution in [0.2, 0.25) is 5.02 Å². The molecule has 1 unspecified atom stereocenters. The van der Waals surface area contributed by atoms with Crippen LogP contribution in [0.3, 0.4) is 0 Å². The van der Waals surface area contributed by atoms with Gasteiger partial charge in [0.15, 0.2) is 9.84 Å². The fraction of sp³-hybridized carbons (Fsp3) is 0.462. The van der Waals surface area contributed by atoms with Gasteiger partial charge < -0.3 is 4.90 Å². The molecule has 0 aromatic heterocycles. The fourth-order valence-corrected chi connectivity index (χ4v) is 3.01. The van der Waals surface area contributed by atoms with Crippen LogP contribution in [-0.4, -0.2) is 43.8 Å². The molecule has 1 rings (SSSR count). The molecule has 0 aliphatic carbocycles. The molecule has 0 N–H and O–H groups in total. The van der Waals surface area contributed by atoms with Crippen molar-refractivity contribution in [3.8, 4) is 0 Å². The van der Waals surface area contributed by atoms with Crippen LogP contribution in [0.25, 0.3) is 0 Å². The Balaban J connectivity index is 2.83. The van der Waals surface area contributed by atoms with Gasteiger partial charge in [-0.1, -0.05) is 24.6 Å². The zero-order chi connectivity index (χ0) is 14.6. The van der Waals surface area contributed by atoms with Gasteiger partial charge in [-0.2, -0.15) is 0 Å². The standard InChI is InChI=1S/C13H18ClNO3S/c1-4-19(17,18)9-10(2)15(3)13(16)11-6-5-7-12(14)8-11/h5-8,10H,4,9H2,1-3H3. The van der Waals surface area contributed by atoms with E-state index in [2.05, 4.69) is 0 Å². The Morgan fingerprint density at radius 3 is 2.58 bits per heavy atom. The summed E-state index contributed by atoms with van der Waals surface area (Å²) in [6.45, 7) is 3.32. The van der Waals surface area contributed by atoms with Crippen molar-refractivity contribution in [2.45, 2.75) is 19.9 Å². The van der Waals surface area contributed by atoms with Crippen molar-refractivity contribution >= 4 is 27.3 Å². The molecule has 1 atom stereocenters. The summed E-state index contributed by atoms with van der Waals surface area (Å²) in [6, 6.07) is 6.23. The van der Waals surface area contributed by atoms with E-state index in [1.54, 1.807) is 45.2 Å². The van der Waals surface area contributed by atoms with Gasteiger partial charge in [-0.25, -0.2) is 8.42 Å². The van der Waals surface area contributed by atoms with Crippen molar-refractivity contribution in [2.24, 2.45) is 0 Å². The molecule has 0 saturated carbocycles. The predicted octanol–water partition coefficient (Wildman–Crippen LogP) is 2.24. The number of carbonyl (C=O) groups is 1. The summed E-state index contributed by atoms with van der Waals surface area (Å²) in [6.07, 6.45) is 0. The Hall–Kier alpha value is -1.07. The quantitative estimate of drug-likeness (QED) is 0.838. The summed E-state index contributed by atoms with van der Waals surface area (Å²) in [5, 5.41) is 0.480. The molecule has 106 valence electrons. The number of benzene rings is 1. The SMILES string of the molecule is CCS(=O)(=O)CC(C)N(C)C(=O)c1cccc(Cl)c1. The van der Waals surface area contributed by atoms with Gasteiger partial charge in [-0.15, -0.1) is 0 Å². The van der Waals surface area contributed by atoms with Gasteiger partial charge in [0.2, 0.25) is 0 Å². The molecule has 4 nitrogen and oxygen atoms in total. The molecule has 0 spiro atoms. The Morgan fingerprint density at radius 2 is 2.05 bits per heavy atom. The third-order valence-electron chi connectivity index (χ3n) is 2.99. The fourth-order valence-electron chi connectivity index (χ4n) is 1.62. The summed E-state index contributed by atoms with van der Waals surface area (Å²) in [5.74, 6) is -0.190. The minimum Gasteiger partial charge on any atom is -0.338 e. The monoisotopic (exact) mass is 303 g/mol. The van der Waals surface area contributed by atoms with E-state index >= 15 is 0 Å². The highest BCUT2D eigenvalue weighted by atomic mass is 35.5. The molecule has 0 heterocycles. The van der Waals surface area contributed by atoms with Crippen LogP contribution >= 0.6 is 11.6 Å². The second-order valence-electron chi connectivity index (χ2n) is 4.47. The Labute approximate surface area is 119 Å². The average Bonchev–Trinajstić information content (AvgIpc) is 2.36. The minimum atomic E-state index is -3.11. The maximum atomic E-state index is 12.2. The highest BCUT2D eigenvalue weighted by Crippen LogP contribution is 2.14. The third kappa shape index (κ3) is 4.51. The number of carbonyl (C=O) groups excluding carboxylic acids is 1. The van der Waals surface area contributed by atoms with E-state index < -0.39 is 9.84 Å². The van der Waals surface area contributed by atoms with E-state index in [0.717, 1.165) is 0 Å². The zero-order valence-electron chi connectivity index (χ0n) is 11.3. The van der Waals surface area contributed by atoms with Gasteiger partial charge in [0.05, 0.1) is 5.75 Å². The van der Waals surface area contributed by atoms with E-state index in [1.165, 1.54) is 4.90 Å². The van der Waals surface area contributed by atoms with Crippen molar-refractivity contribution in [2.75, 3.05) is 18.6 Å². The van der Waals surface area contributed by atoms with Gasteiger partial charge in [0.1, 0.15) is 0 Å². The van der Waals surface area contributed by atoms with Crippen LogP contribution in [0, 0.1) is 0 Å². The summed E-state index contributed by atoms with van der Waals surface area (Å²) in [4.78, 5) is 13.6. The normalized spacial score (nSPS) is 13.1. The number of sulfone groups is 1. The number of halogens is 1. The van der Waals surface area contributed by atoms with Crippen LogP contribution in [0.1, 0.15) is 24.2 Å². The lowest BCUT2D eigenvalue weighted by molar-refractivity contribution is 0.0757. The van der Waals surface area contributed by atoms with Crippen LogP contribution in [0.5, 0.6) is 0 Å². The number of hydrogen-bond acceptors (Lipinski definition) is 3. The van der Waals surface area contributed by atoms with Crippen LogP contribution in [0.15, 0.2) is 24.3 Å². The average molecular weight is 304 g/mol. The molecule has 0 bridgehead atoms. The molecule has 1 amide bonds. The molecule has 0 radical (unpaired) electrons. The largest absolute Gasteiger partial charge is 0.338 e. The van der Waals surface area contributed by atoms with Gasteiger partial charge >= 0.3 is 0 Å². The number of rotatable bonds is 5. The Kier molecular flexibility index (Phi) is 5.38. The molecular weight excluding hydrogens is 286 g/mol. The molecule has 0 aliphatic heterocycles. The first-order valence-electron chi connectivity index (χ1n) is 6.00. The summed E-state index contributed by atoms with van der Waals surface area (Å²) in [5.41, 5.74) is 0.454. The van der Waals surface area contributed by atoms with Crippen LogP contribution < -0.4 is 0 Å². The summed E-state index contributed by atoms with van der Waals surface area (Å²) >= 11 is 5.84. The van der Waals surface area contributed by atoms with E-state index in [-0.39, 0.29) is 23.5 Å². The van der Waals surface area contributed by atoms with Crippen molar-refractivity contribution < 1.29 is 13.2 Å². The van der Waals surface area contributed by atoms with Crippen molar-refractivity contribution in [1.82, 2.24) is 4.90 Å². The van der Waals surface area contributed by atoms with Crippen LogP contribution in [0.4, 0.5) is 0 Å². The van der Waals surface area contributed by atoms with E-state index in [1.807, 2.05) is 0 Å². The molecule has 6 heteroatoms. The van der Waals surface area contributed by atoms with Gasteiger partial charge in [0, 0.05) is 29.4 Å². The molecule has 19 heavy (non-hydrogen) atoms. The minimum absolute atomic E-state index is 0.0354. The topological polar surface area (TPSA) is 54.5 Å². The summed E-state index contributed by atoms with van der Waals surface area (Å²) in [7, 11) is -1.51. The highest BCUT2D eigenvalue weighted by Gasteiger charge is 2.22. The molecule has 0 fully saturated rings. The Bertz CT molecular complexity index is 557. The third-order valence-corrected chi connectivity index (χ3v) is 5.09. The number of hydrogen-bond donors (Lipinski definition) is 0. The van der Waals surface area contributed by atoms with E-state index in [9.17, 15) is 13.2 Å². The molecule has 1 aromatic carbocycles. The molecule has 0 saturated heterocycles. The van der Waals surface area contributed by atoms with Crippen LogP contribution in [-0.2, 0) is 9.84 Å². The molecular formula is C13H18ClNO3S.